The van der Waals surface area contributed by atoms with Crippen LogP contribution in [0.1, 0.15) is 6.42 Å². The van der Waals surface area contributed by atoms with Crippen molar-refractivity contribution in [3.63, 3.8) is 0 Å². The third kappa shape index (κ3) is 1.24. The lowest BCUT2D eigenvalue weighted by atomic mass is 9.62. The highest BCUT2D eigenvalue weighted by Crippen LogP contribution is 2.55. The summed E-state index contributed by atoms with van der Waals surface area (Å²) in [6.07, 6.45) is 6.22. The Balaban J connectivity index is 2.13. The average molecular weight is 252 g/mol. The maximum Gasteiger partial charge on any atom is 0.319 e. The lowest BCUT2D eigenvalue weighted by Gasteiger charge is -2.42. The summed E-state index contributed by atoms with van der Waals surface area (Å²) in [6.45, 7) is 0. The van der Waals surface area contributed by atoms with E-state index >= 15 is 0 Å². The van der Waals surface area contributed by atoms with Gasteiger partial charge < -0.3 is 19.3 Å². The largest absolute Gasteiger partial charge is 0.468 e. The number of methoxy groups -OCH3 is 2. The van der Waals surface area contributed by atoms with Gasteiger partial charge in [-0.25, -0.2) is 0 Å². The number of aliphatic hydroxyl groups excluding tert-OH is 1. The third-order valence-corrected chi connectivity index (χ3v) is 4.32. The van der Waals surface area contributed by atoms with E-state index in [1.807, 2.05) is 0 Å². The summed E-state index contributed by atoms with van der Waals surface area (Å²) < 4.78 is 16.1. The van der Waals surface area contributed by atoms with Crippen molar-refractivity contribution in [2.45, 2.75) is 24.4 Å². The molecule has 1 heterocycles. The zero-order valence-electron chi connectivity index (χ0n) is 10.3. The van der Waals surface area contributed by atoms with Crippen LogP contribution in [0.3, 0.4) is 0 Å². The molecular formula is C13H16O5. The Kier molecular flexibility index (Phi) is 2.42. The first-order valence-corrected chi connectivity index (χ1v) is 5.96. The van der Waals surface area contributed by atoms with Gasteiger partial charge in [0, 0.05) is 19.4 Å². The number of rotatable bonds is 2. The lowest BCUT2D eigenvalue weighted by Crippen LogP contribution is -2.52. The van der Waals surface area contributed by atoms with Gasteiger partial charge >= 0.3 is 5.97 Å². The molecule has 1 fully saturated rings. The minimum atomic E-state index is -1.05. The number of hydrogen-bond donors (Lipinski definition) is 1. The molecule has 0 amide bonds. The van der Waals surface area contributed by atoms with Gasteiger partial charge in [-0.3, -0.25) is 4.79 Å². The van der Waals surface area contributed by atoms with Gasteiger partial charge in [0.1, 0.15) is 5.41 Å². The smallest absolute Gasteiger partial charge is 0.319 e. The van der Waals surface area contributed by atoms with Gasteiger partial charge in [-0.15, -0.1) is 0 Å². The SMILES string of the molecule is COC(=O)[C@]12C=C[C@]3(OC)C[C@H]1[C@H](C=C[C@H]2O)O3. The summed E-state index contributed by atoms with van der Waals surface area (Å²) in [5, 5.41) is 10.2. The van der Waals surface area contributed by atoms with E-state index in [0.29, 0.717) is 6.42 Å². The topological polar surface area (TPSA) is 65.0 Å². The first-order valence-electron chi connectivity index (χ1n) is 5.96. The van der Waals surface area contributed by atoms with Gasteiger partial charge in [0.2, 0.25) is 0 Å². The summed E-state index contributed by atoms with van der Waals surface area (Å²) >= 11 is 0. The predicted octanol–water partition coefficient (Wildman–Crippen LogP) is 0.394. The number of carbonyl (C=O) groups excluding carboxylic acids is 1. The van der Waals surface area contributed by atoms with Crippen LogP contribution in [0.15, 0.2) is 24.3 Å². The molecule has 0 aromatic heterocycles. The van der Waals surface area contributed by atoms with Crippen LogP contribution in [-0.4, -0.2) is 43.3 Å². The van der Waals surface area contributed by atoms with Crippen molar-refractivity contribution in [1.82, 2.24) is 0 Å². The van der Waals surface area contributed by atoms with Crippen LogP contribution in [0.4, 0.5) is 0 Å². The van der Waals surface area contributed by atoms with Crippen LogP contribution in [0.5, 0.6) is 0 Å². The van der Waals surface area contributed by atoms with Crippen molar-refractivity contribution in [2.24, 2.45) is 11.3 Å². The van der Waals surface area contributed by atoms with Crippen LogP contribution in [0.2, 0.25) is 0 Å². The van der Waals surface area contributed by atoms with Crippen molar-refractivity contribution >= 4 is 5.97 Å². The van der Waals surface area contributed by atoms with Crippen molar-refractivity contribution in [2.75, 3.05) is 14.2 Å². The molecule has 5 heteroatoms. The molecule has 2 aliphatic carbocycles. The molecule has 0 unspecified atom stereocenters. The zero-order chi connectivity index (χ0) is 13.0. The molecule has 0 spiro atoms. The number of aliphatic hydroxyl groups is 1. The third-order valence-electron chi connectivity index (χ3n) is 4.32. The highest BCUT2D eigenvalue weighted by molar-refractivity contribution is 5.82. The monoisotopic (exact) mass is 252 g/mol. The van der Waals surface area contributed by atoms with E-state index in [1.54, 1.807) is 31.4 Å². The second kappa shape index (κ2) is 3.66. The fourth-order valence-corrected chi connectivity index (χ4v) is 3.30. The predicted molar refractivity (Wildman–Crippen MR) is 61.5 cm³/mol. The van der Waals surface area contributed by atoms with Crippen LogP contribution in [0, 0.1) is 11.3 Å². The fourth-order valence-electron chi connectivity index (χ4n) is 3.30. The molecule has 5 atom stereocenters. The van der Waals surface area contributed by atoms with E-state index in [0.717, 1.165) is 0 Å². The Morgan fingerprint density at radius 2 is 2.17 bits per heavy atom. The maximum absolute atomic E-state index is 12.1. The number of ether oxygens (including phenoxy) is 3. The van der Waals surface area contributed by atoms with Gasteiger partial charge in [-0.2, -0.15) is 0 Å². The van der Waals surface area contributed by atoms with E-state index < -0.39 is 23.3 Å². The molecule has 1 aliphatic heterocycles. The Morgan fingerprint density at radius 3 is 2.83 bits per heavy atom. The summed E-state index contributed by atoms with van der Waals surface area (Å²) in [5.74, 6) is -1.36. The number of esters is 1. The molecular weight excluding hydrogens is 236 g/mol. The highest BCUT2D eigenvalue weighted by atomic mass is 16.7. The van der Waals surface area contributed by atoms with Crippen LogP contribution in [-0.2, 0) is 19.0 Å². The van der Waals surface area contributed by atoms with Crippen molar-refractivity contribution in [3.05, 3.63) is 24.3 Å². The van der Waals surface area contributed by atoms with E-state index in [9.17, 15) is 9.90 Å². The molecule has 3 rings (SSSR count). The standard InChI is InChI=1S/C13H16O5/c1-16-11(15)13-6-5-12(17-2)7-8(13)9(18-12)3-4-10(13)14/h3-6,8-10,14H,7H2,1-2H3/t8-,9-,10+,12+,13+/m0/s1. The molecule has 1 N–H and O–H groups in total. The fraction of sp³-hybridized carbons (Fsp3) is 0.615. The Bertz CT molecular complexity index is 443. The van der Waals surface area contributed by atoms with E-state index in [2.05, 4.69) is 0 Å². The molecule has 0 radical (unpaired) electrons. The van der Waals surface area contributed by atoms with Gasteiger partial charge in [0.25, 0.3) is 0 Å². The van der Waals surface area contributed by atoms with Crippen molar-refractivity contribution in [1.29, 1.82) is 0 Å². The Hall–Kier alpha value is -1.17. The molecule has 0 saturated carbocycles. The number of fused-ring (bicyclic) bond motifs is 1. The molecule has 1 saturated heterocycles. The second-order valence-corrected chi connectivity index (χ2v) is 5.00. The van der Waals surface area contributed by atoms with Gasteiger partial charge in [0.05, 0.1) is 19.3 Å². The normalized spacial score (nSPS) is 48.3. The van der Waals surface area contributed by atoms with Gasteiger partial charge in [0.15, 0.2) is 5.79 Å². The summed E-state index contributed by atoms with van der Waals surface area (Å²) in [6, 6.07) is 0. The average Bonchev–Trinajstić information content (AvgIpc) is 2.74. The van der Waals surface area contributed by atoms with Gasteiger partial charge in [-0.05, 0) is 6.08 Å². The van der Waals surface area contributed by atoms with E-state index in [-0.39, 0.29) is 12.0 Å². The van der Waals surface area contributed by atoms with Gasteiger partial charge in [-0.1, -0.05) is 18.2 Å². The van der Waals surface area contributed by atoms with Crippen LogP contribution in [0.25, 0.3) is 0 Å². The lowest BCUT2D eigenvalue weighted by molar-refractivity contribution is -0.168. The minimum absolute atomic E-state index is 0.158. The second-order valence-electron chi connectivity index (χ2n) is 5.00. The molecule has 0 aromatic rings. The molecule has 3 aliphatic rings. The summed E-state index contributed by atoms with van der Waals surface area (Å²) in [5.41, 5.74) is -1.05. The van der Waals surface area contributed by atoms with Crippen LogP contribution < -0.4 is 0 Å². The first-order chi connectivity index (χ1) is 8.58. The van der Waals surface area contributed by atoms with Crippen molar-refractivity contribution in [3.8, 4) is 0 Å². The Labute approximate surface area is 105 Å². The molecule has 98 valence electrons. The molecule has 5 nitrogen and oxygen atoms in total. The van der Waals surface area contributed by atoms with E-state index in [1.165, 1.54) is 7.11 Å². The quantitative estimate of drug-likeness (QED) is 0.569. The summed E-state index contributed by atoms with van der Waals surface area (Å²) in [7, 11) is 2.91. The maximum atomic E-state index is 12.1. The summed E-state index contributed by atoms with van der Waals surface area (Å²) in [4.78, 5) is 12.1. The molecule has 2 bridgehead atoms. The molecule has 18 heavy (non-hydrogen) atoms. The van der Waals surface area contributed by atoms with Crippen LogP contribution >= 0.6 is 0 Å². The van der Waals surface area contributed by atoms with E-state index in [4.69, 9.17) is 14.2 Å². The number of hydrogen-bond acceptors (Lipinski definition) is 5. The minimum Gasteiger partial charge on any atom is -0.468 e. The van der Waals surface area contributed by atoms with Crippen molar-refractivity contribution < 1.29 is 24.1 Å². The molecule has 0 aromatic carbocycles. The number of carbonyl (C=O) groups is 1. The first kappa shape index (κ1) is 11.9. The zero-order valence-corrected chi connectivity index (χ0v) is 10.3. The highest BCUT2D eigenvalue weighted by Gasteiger charge is 2.63. The Morgan fingerprint density at radius 1 is 1.39 bits per heavy atom.